The topological polar surface area (TPSA) is 71.0 Å². The number of ether oxygens (including phenoxy) is 2. The van der Waals surface area contributed by atoms with Crippen molar-refractivity contribution >= 4 is 17.3 Å². The Bertz CT molecular complexity index is 840. The van der Waals surface area contributed by atoms with Gasteiger partial charge in [-0.3, -0.25) is 9.89 Å². The molecule has 0 radical (unpaired) electrons. The van der Waals surface area contributed by atoms with Crippen LogP contribution in [-0.2, 0) is 11.3 Å². The molecule has 2 aromatic rings. The Hall–Kier alpha value is -2.16. The fourth-order valence-electron chi connectivity index (χ4n) is 3.75. The Morgan fingerprint density at radius 3 is 3.03 bits per heavy atom. The average Bonchev–Trinajstić information content (AvgIpc) is 3.47. The molecule has 0 aromatic carbocycles. The third kappa shape index (κ3) is 6.66. The van der Waals surface area contributed by atoms with E-state index in [-0.39, 0.29) is 6.10 Å². The van der Waals surface area contributed by atoms with Crippen molar-refractivity contribution in [2.24, 2.45) is 10.9 Å². The summed E-state index contributed by atoms with van der Waals surface area (Å²) >= 11 is 1.80. The first-order valence-corrected chi connectivity index (χ1v) is 12.0. The summed E-state index contributed by atoms with van der Waals surface area (Å²) in [4.78, 5) is 12.6. The van der Waals surface area contributed by atoms with Crippen LogP contribution in [0.4, 0.5) is 0 Å². The van der Waals surface area contributed by atoms with Gasteiger partial charge in [-0.2, -0.15) is 0 Å². The van der Waals surface area contributed by atoms with Crippen molar-refractivity contribution < 1.29 is 9.47 Å². The van der Waals surface area contributed by atoms with Crippen molar-refractivity contribution in [2.75, 3.05) is 39.9 Å². The molecule has 2 aromatic heterocycles. The first kappa shape index (κ1) is 22.0. The Kier molecular flexibility index (Phi) is 7.77. The molecule has 2 atom stereocenters. The van der Waals surface area contributed by atoms with Crippen LogP contribution >= 0.6 is 11.3 Å². The Balaban J connectivity index is 1.31. The molecule has 1 aliphatic carbocycles. The van der Waals surface area contributed by atoms with Gasteiger partial charge in [0.1, 0.15) is 0 Å². The highest BCUT2D eigenvalue weighted by molar-refractivity contribution is 7.10. The quantitative estimate of drug-likeness (QED) is 0.459. The zero-order chi connectivity index (χ0) is 21.5. The Morgan fingerprint density at radius 2 is 2.29 bits per heavy atom. The van der Waals surface area contributed by atoms with Gasteiger partial charge < -0.3 is 20.1 Å². The van der Waals surface area contributed by atoms with Crippen molar-refractivity contribution in [3.63, 3.8) is 0 Å². The van der Waals surface area contributed by atoms with Gasteiger partial charge in [0, 0.05) is 50.4 Å². The fourth-order valence-corrected chi connectivity index (χ4v) is 4.61. The minimum atomic E-state index is 0.261. The molecule has 0 amide bonds. The predicted molar refractivity (Wildman–Crippen MR) is 125 cm³/mol. The van der Waals surface area contributed by atoms with Crippen LogP contribution in [0.25, 0.3) is 0 Å². The number of nitrogens with zero attached hydrogens (tertiary/aromatic N) is 3. The van der Waals surface area contributed by atoms with E-state index in [0.29, 0.717) is 18.5 Å². The number of morpholine rings is 1. The number of hydrogen-bond acceptors (Lipinski definition) is 6. The lowest BCUT2D eigenvalue weighted by Crippen LogP contribution is -2.47. The molecule has 31 heavy (non-hydrogen) atoms. The highest BCUT2D eigenvalue weighted by Crippen LogP contribution is 2.29. The van der Waals surface area contributed by atoms with E-state index in [2.05, 4.69) is 49.9 Å². The number of rotatable bonds is 9. The molecule has 0 spiro atoms. The lowest BCUT2D eigenvalue weighted by atomic mass is 10.1. The van der Waals surface area contributed by atoms with Gasteiger partial charge in [0.05, 0.1) is 25.4 Å². The van der Waals surface area contributed by atoms with Gasteiger partial charge in [-0.25, -0.2) is 4.98 Å². The molecule has 1 saturated carbocycles. The van der Waals surface area contributed by atoms with Crippen LogP contribution in [0.1, 0.15) is 36.2 Å². The largest absolute Gasteiger partial charge is 0.477 e. The number of thiophene rings is 1. The smallest absolute Gasteiger partial charge is 0.213 e. The lowest BCUT2D eigenvalue weighted by Gasteiger charge is -2.37. The van der Waals surface area contributed by atoms with Crippen molar-refractivity contribution in [3.8, 4) is 5.88 Å². The van der Waals surface area contributed by atoms with E-state index in [1.165, 1.54) is 17.7 Å². The number of aromatic nitrogens is 1. The second kappa shape index (κ2) is 10.9. The third-order valence-corrected chi connectivity index (χ3v) is 6.67. The average molecular weight is 444 g/mol. The Labute approximate surface area is 188 Å². The van der Waals surface area contributed by atoms with Gasteiger partial charge in [-0.1, -0.05) is 6.07 Å². The van der Waals surface area contributed by atoms with Crippen LogP contribution < -0.4 is 15.4 Å². The standard InChI is InChI=1S/C23H33N5O2S/c1-17-15-28(9-10-29-17)20(21-4-3-11-31-21)14-27-23(24-2)26-13-19-7-8-25-22(12-19)30-16-18-5-6-18/h3-4,7-8,11-12,17-18,20H,5-6,9-10,13-16H2,1-2H3,(H2,24,26,27). The van der Waals surface area contributed by atoms with E-state index in [1.54, 1.807) is 11.3 Å². The van der Waals surface area contributed by atoms with Gasteiger partial charge >= 0.3 is 0 Å². The molecule has 8 heteroatoms. The summed E-state index contributed by atoms with van der Waals surface area (Å²) in [6, 6.07) is 8.65. The van der Waals surface area contributed by atoms with Gasteiger partial charge in [0.2, 0.25) is 5.88 Å². The maximum absolute atomic E-state index is 5.80. The summed E-state index contributed by atoms with van der Waals surface area (Å²) in [5, 5.41) is 9.08. The van der Waals surface area contributed by atoms with Gasteiger partial charge in [-0.05, 0) is 48.8 Å². The molecule has 1 saturated heterocycles. The van der Waals surface area contributed by atoms with E-state index in [1.807, 2.05) is 25.4 Å². The highest BCUT2D eigenvalue weighted by atomic mass is 32.1. The maximum atomic E-state index is 5.80. The normalized spacial score (nSPS) is 21.0. The van der Waals surface area contributed by atoms with Crippen molar-refractivity contribution in [1.82, 2.24) is 20.5 Å². The summed E-state index contributed by atoms with van der Waals surface area (Å²) in [5.41, 5.74) is 1.13. The molecule has 2 N–H and O–H groups in total. The van der Waals surface area contributed by atoms with Crippen LogP contribution in [0.3, 0.4) is 0 Å². The molecular formula is C23H33N5O2S. The number of guanidine groups is 1. The molecule has 2 aliphatic rings. The fraction of sp³-hybridized carbons (Fsp3) is 0.565. The molecule has 4 rings (SSSR count). The molecule has 3 heterocycles. The third-order valence-electron chi connectivity index (χ3n) is 5.69. The highest BCUT2D eigenvalue weighted by Gasteiger charge is 2.26. The second-order valence-corrected chi connectivity index (χ2v) is 9.25. The lowest BCUT2D eigenvalue weighted by molar-refractivity contribution is -0.0334. The number of pyridine rings is 1. The van der Waals surface area contributed by atoms with E-state index >= 15 is 0 Å². The summed E-state index contributed by atoms with van der Waals surface area (Å²) in [6.07, 6.45) is 4.62. The maximum Gasteiger partial charge on any atom is 0.213 e. The van der Waals surface area contributed by atoms with E-state index < -0.39 is 0 Å². The summed E-state index contributed by atoms with van der Waals surface area (Å²) < 4.78 is 11.5. The van der Waals surface area contributed by atoms with Crippen molar-refractivity contribution in [1.29, 1.82) is 0 Å². The van der Waals surface area contributed by atoms with E-state index in [4.69, 9.17) is 9.47 Å². The number of hydrogen-bond donors (Lipinski definition) is 2. The second-order valence-electron chi connectivity index (χ2n) is 8.27. The van der Waals surface area contributed by atoms with Crippen molar-refractivity contribution in [2.45, 2.75) is 38.5 Å². The molecule has 0 bridgehead atoms. The molecule has 2 unspecified atom stereocenters. The Morgan fingerprint density at radius 1 is 1.39 bits per heavy atom. The first-order valence-electron chi connectivity index (χ1n) is 11.1. The summed E-state index contributed by atoms with van der Waals surface area (Å²) in [7, 11) is 1.81. The van der Waals surface area contributed by atoms with Crippen LogP contribution in [-0.4, -0.2) is 61.8 Å². The van der Waals surface area contributed by atoms with Crippen LogP contribution in [0.5, 0.6) is 5.88 Å². The van der Waals surface area contributed by atoms with E-state index in [0.717, 1.165) is 50.3 Å². The number of aliphatic imine (C=N–C) groups is 1. The van der Waals surface area contributed by atoms with Gasteiger partial charge in [-0.15, -0.1) is 11.3 Å². The molecule has 2 fully saturated rings. The minimum absolute atomic E-state index is 0.261. The van der Waals surface area contributed by atoms with Gasteiger partial charge in [0.15, 0.2) is 5.96 Å². The minimum Gasteiger partial charge on any atom is -0.477 e. The van der Waals surface area contributed by atoms with E-state index in [9.17, 15) is 0 Å². The molecular weight excluding hydrogens is 410 g/mol. The predicted octanol–water partition coefficient (Wildman–Crippen LogP) is 3.06. The molecule has 7 nitrogen and oxygen atoms in total. The zero-order valence-electron chi connectivity index (χ0n) is 18.4. The first-order chi connectivity index (χ1) is 15.2. The van der Waals surface area contributed by atoms with Crippen LogP contribution in [0.2, 0.25) is 0 Å². The van der Waals surface area contributed by atoms with Crippen LogP contribution in [0, 0.1) is 5.92 Å². The zero-order valence-corrected chi connectivity index (χ0v) is 19.2. The molecule has 168 valence electrons. The van der Waals surface area contributed by atoms with Crippen molar-refractivity contribution in [3.05, 3.63) is 46.3 Å². The molecule has 1 aliphatic heterocycles. The summed E-state index contributed by atoms with van der Waals surface area (Å²) in [6.45, 7) is 7.04. The number of nitrogens with one attached hydrogen (secondary N) is 2. The summed E-state index contributed by atoms with van der Waals surface area (Å²) in [5.74, 6) is 2.21. The SMILES string of the molecule is CN=C(NCc1ccnc(OCC2CC2)c1)NCC(c1cccs1)N1CCOC(C)C1. The van der Waals surface area contributed by atoms with Gasteiger partial charge in [0.25, 0.3) is 0 Å². The monoisotopic (exact) mass is 443 g/mol. The van der Waals surface area contributed by atoms with Crippen LogP contribution in [0.15, 0.2) is 40.8 Å².